The van der Waals surface area contributed by atoms with E-state index in [2.05, 4.69) is 22.6 Å². The van der Waals surface area contributed by atoms with Gasteiger partial charge in [0.15, 0.2) is 18.4 Å². The van der Waals surface area contributed by atoms with Crippen molar-refractivity contribution in [3.63, 3.8) is 0 Å². The van der Waals surface area contributed by atoms with Crippen LogP contribution in [0.1, 0.15) is 97.9 Å². The summed E-state index contributed by atoms with van der Waals surface area (Å²) in [4.78, 5) is 47.5. The fraction of sp³-hybridized carbons (Fsp3) is 0.769. The van der Waals surface area contributed by atoms with Gasteiger partial charge in [-0.1, -0.05) is 57.1 Å². The van der Waals surface area contributed by atoms with Crippen molar-refractivity contribution in [2.45, 2.75) is 123 Å². The Kier molecular flexibility index (Phi) is 13.2. The molecule has 2 rings (SSSR count). The van der Waals surface area contributed by atoms with Gasteiger partial charge in [-0.25, -0.2) is 4.68 Å². The van der Waals surface area contributed by atoms with Crippen molar-refractivity contribution in [3.8, 4) is 0 Å². The van der Waals surface area contributed by atoms with E-state index in [0.717, 1.165) is 25.0 Å². The van der Waals surface area contributed by atoms with Gasteiger partial charge < -0.3 is 24.3 Å². The Morgan fingerprint density at radius 1 is 0.895 bits per heavy atom. The first-order valence-corrected chi connectivity index (χ1v) is 13.4. The maximum absolute atomic E-state index is 12.1. The average Bonchev–Trinajstić information content (AvgIpc) is 3.30. The lowest BCUT2D eigenvalue weighted by molar-refractivity contribution is -0.239. The van der Waals surface area contributed by atoms with Crippen LogP contribution in [-0.2, 0) is 44.5 Å². The molecule has 0 aliphatic carbocycles. The summed E-state index contributed by atoms with van der Waals surface area (Å²) >= 11 is 0. The Morgan fingerprint density at radius 2 is 1.50 bits per heavy atom. The maximum Gasteiger partial charge on any atom is 0.303 e. The number of amides is 1. The molecule has 12 nitrogen and oxygen atoms in total. The summed E-state index contributed by atoms with van der Waals surface area (Å²) in [6.45, 7) is 6.88. The second kappa shape index (κ2) is 16.1. The van der Waals surface area contributed by atoms with Gasteiger partial charge in [0.2, 0.25) is 5.91 Å². The minimum absolute atomic E-state index is 0.270. The molecular weight excluding hydrogens is 496 g/mol. The predicted molar refractivity (Wildman–Crippen MR) is 136 cm³/mol. The molecular formula is C26H42N4O8. The maximum atomic E-state index is 12.1. The highest BCUT2D eigenvalue weighted by atomic mass is 16.6. The summed E-state index contributed by atoms with van der Waals surface area (Å²) in [5.74, 6) is -2.28. The minimum Gasteiger partial charge on any atom is -0.463 e. The predicted octanol–water partition coefficient (Wildman–Crippen LogP) is 2.79. The number of hydrogen-bond donors (Lipinski definition) is 1. The monoisotopic (exact) mass is 538 g/mol. The van der Waals surface area contributed by atoms with Gasteiger partial charge in [-0.3, -0.25) is 19.2 Å². The topological polar surface area (TPSA) is 148 Å². The molecule has 0 bridgehead atoms. The van der Waals surface area contributed by atoms with Crippen LogP contribution in [0.4, 0.5) is 0 Å². The molecule has 0 saturated carbocycles. The zero-order valence-corrected chi connectivity index (χ0v) is 23.1. The van der Waals surface area contributed by atoms with Crippen LogP contribution in [0.5, 0.6) is 0 Å². The van der Waals surface area contributed by atoms with Gasteiger partial charge in [0.05, 0.1) is 11.9 Å². The van der Waals surface area contributed by atoms with E-state index in [0.29, 0.717) is 0 Å². The third-order valence-electron chi connectivity index (χ3n) is 6.20. The lowest BCUT2D eigenvalue weighted by Gasteiger charge is -2.45. The fourth-order valence-electron chi connectivity index (χ4n) is 4.53. The van der Waals surface area contributed by atoms with Gasteiger partial charge >= 0.3 is 17.9 Å². The first kappa shape index (κ1) is 31.2. The first-order chi connectivity index (χ1) is 18.1. The number of hydrogen-bond acceptors (Lipinski definition) is 10. The number of esters is 3. The largest absolute Gasteiger partial charge is 0.463 e. The number of nitrogens with zero attached hydrogens (tertiary/aromatic N) is 3. The molecule has 1 aliphatic heterocycles. The summed E-state index contributed by atoms with van der Waals surface area (Å²) in [5, 5.41) is 11.2. The molecule has 0 aromatic carbocycles. The van der Waals surface area contributed by atoms with Gasteiger partial charge in [0.1, 0.15) is 18.8 Å². The van der Waals surface area contributed by atoms with Crippen molar-refractivity contribution in [1.29, 1.82) is 0 Å². The van der Waals surface area contributed by atoms with E-state index in [-0.39, 0.29) is 6.61 Å². The smallest absolute Gasteiger partial charge is 0.303 e. The van der Waals surface area contributed by atoms with E-state index in [4.69, 9.17) is 18.9 Å². The van der Waals surface area contributed by atoms with Crippen LogP contribution in [-0.4, -0.2) is 69.8 Å². The fourth-order valence-corrected chi connectivity index (χ4v) is 4.53. The molecule has 0 spiro atoms. The number of nitrogens with one attached hydrogen (secondary N) is 1. The summed E-state index contributed by atoms with van der Waals surface area (Å²) in [6, 6.07) is -0.966. The van der Waals surface area contributed by atoms with Crippen molar-refractivity contribution >= 4 is 23.8 Å². The van der Waals surface area contributed by atoms with Crippen LogP contribution in [0.15, 0.2) is 6.20 Å². The number of unbranched alkanes of at least 4 members (excludes halogenated alkanes) is 7. The second-order valence-corrected chi connectivity index (χ2v) is 9.66. The van der Waals surface area contributed by atoms with Crippen molar-refractivity contribution in [2.75, 3.05) is 6.61 Å². The standard InChI is InChI=1S/C26H42N4O8/c1-6-7-8-9-10-11-12-13-14-21-15-30(29-28-21)26-23(27-17(2)31)25(37-20(5)34)24(36-19(4)33)22(38-26)16-35-18(3)32/h15,22-26H,6-14,16H2,1-5H3,(H,27,31)/t22-,23-,24-,25-,26-/m1/s1. The third kappa shape index (κ3) is 10.4. The second-order valence-electron chi connectivity index (χ2n) is 9.66. The molecule has 1 aromatic rings. The molecule has 1 fully saturated rings. The number of aryl methyl sites for hydroxylation is 1. The van der Waals surface area contributed by atoms with Gasteiger partial charge in [-0.2, -0.15) is 0 Å². The van der Waals surface area contributed by atoms with E-state index in [1.165, 1.54) is 70.9 Å². The van der Waals surface area contributed by atoms with Crippen LogP contribution in [0, 0.1) is 0 Å². The van der Waals surface area contributed by atoms with Crippen molar-refractivity contribution < 1.29 is 38.1 Å². The molecule has 214 valence electrons. The van der Waals surface area contributed by atoms with E-state index >= 15 is 0 Å². The summed E-state index contributed by atoms with van der Waals surface area (Å²) in [5.41, 5.74) is 0.754. The third-order valence-corrected chi connectivity index (χ3v) is 6.20. The molecule has 1 N–H and O–H groups in total. The highest BCUT2D eigenvalue weighted by Crippen LogP contribution is 2.32. The molecule has 1 saturated heterocycles. The van der Waals surface area contributed by atoms with Gasteiger partial charge in [-0.05, 0) is 12.8 Å². The summed E-state index contributed by atoms with van der Waals surface area (Å²) in [7, 11) is 0. The van der Waals surface area contributed by atoms with Crippen LogP contribution < -0.4 is 5.32 Å². The zero-order valence-electron chi connectivity index (χ0n) is 23.1. The molecule has 2 heterocycles. The molecule has 1 amide bonds. The van der Waals surface area contributed by atoms with Crippen molar-refractivity contribution in [3.05, 3.63) is 11.9 Å². The van der Waals surface area contributed by atoms with Crippen LogP contribution in [0.25, 0.3) is 0 Å². The molecule has 5 atom stereocenters. The SMILES string of the molecule is CCCCCCCCCCc1cn([C@@H]2O[C@H](COC(C)=O)[C@@H](OC(C)=O)[C@H](OC(C)=O)[C@H]2NC(C)=O)nn1. The van der Waals surface area contributed by atoms with Gasteiger partial charge in [-0.15, -0.1) is 5.10 Å². The Bertz CT molecular complexity index is 921. The van der Waals surface area contributed by atoms with Gasteiger partial charge in [0.25, 0.3) is 0 Å². The summed E-state index contributed by atoms with van der Waals surface area (Å²) < 4.78 is 23.7. The Balaban J connectivity index is 2.21. The van der Waals surface area contributed by atoms with E-state index < -0.39 is 54.4 Å². The molecule has 1 aliphatic rings. The molecule has 0 unspecified atom stereocenters. The number of carbonyl (C=O) groups excluding carboxylic acids is 4. The van der Waals surface area contributed by atoms with E-state index in [1.807, 2.05) is 0 Å². The highest BCUT2D eigenvalue weighted by Gasteiger charge is 2.51. The van der Waals surface area contributed by atoms with Crippen LogP contribution >= 0.6 is 0 Å². The lowest BCUT2D eigenvalue weighted by Crippen LogP contribution is -2.64. The number of ether oxygens (including phenoxy) is 4. The highest BCUT2D eigenvalue weighted by molar-refractivity contribution is 5.73. The quantitative estimate of drug-likeness (QED) is 0.201. The molecule has 1 aromatic heterocycles. The van der Waals surface area contributed by atoms with Crippen molar-refractivity contribution in [2.24, 2.45) is 0 Å². The Morgan fingerprint density at radius 3 is 2.08 bits per heavy atom. The van der Waals surface area contributed by atoms with Crippen molar-refractivity contribution in [1.82, 2.24) is 20.3 Å². The van der Waals surface area contributed by atoms with Crippen LogP contribution in [0.2, 0.25) is 0 Å². The lowest BCUT2D eigenvalue weighted by atomic mass is 9.95. The average molecular weight is 539 g/mol. The number of aromatic nitrogens is 3. The normalized spacial score (nSPS) is 22.9. The number of carbonyl (C=O) groups is 4. The van der Waals surface area contributed by atoms with Crippen LogP contribution in [0.3, 0.4) is 0 Å². The van der Waals surface area contributed by atoms with Gasteiger partial charge in [0, 0.05) is 27.7 Å². The minimum atomic E-state index is -1.15. The van der Waals surface area contributed by atoms with E-state index in [9.17, 15) is 19.2 Å². The molecule has 38 heavy (non-hydrogen) atoms. The van der Waals surface area contributed by atoms with E-state index in [1.54, 1.807) is 6.20 Å². The molecule has 12 heteroatoms. The Labute approximate surface area is 224 Å². The zero-order chi connectivity index (χ0) is 28.1. The first-order valence-electron chi connectivity index (χ1n) is 13.4. The summed E-state index contributed by atoms with van der Waals surface area (Å²) in [6.07, 6.45) is 7.72. The Hall–Kier alpha value is -3.02. The number of rotatable bonds is 15. The molecule has 0 radical (unpaired) electrons.